The van der Waals surface area contributed by atoms with Crippen LogP contribution in [-0.4, -0.2) is 41.5 Å². The van der Waals surface area contributed by atoms with Crippen LogP contribution < -0.4 is 5.73 Å². The van der Waals surface area contributed by atoms with Gasteiger partial charge < -0.3 is 10.8 Å². The number of nitrogens with two attached hydrogens (primary N) is 1. The van der Waals surface area contributed by atoms with Gasteiger partial charge in [-0.25, -0.2) is 8.42 Å². The minimum atomic E-state index is -3.71. The summed E-state index contributed by atoms with van der Waals surface area (Å²) in [6.07, 6.45) is 0. The molecule has 0 aliphatic carbocycles. The second-order valence-corrected chi connectivity index (χ2v) is 7.93. The summed E-state index contributed by atoms with van der Waals surface area (Å²) in [6, 6.07) is 4.86. The second kappa shape index (κ2) is 6.39. The van der Waals surface area contributed by atoms with Crippen LogP contribution in [0.25, 0.3) is 0 Å². The lowest BCUT2D eigenvalue weighted by Crippen LogP contribution is -2.42. The van der Waals surface area contributed by atoms with Gasteiger partial charge >= 0.3 is 0 Å². The fourth-order valence-corrected chi connectivity index (χ4v) is 3.95. The summed E-state index contributed by atoms with van der Waals surface area (Å²) in [5.41, 5.74) is 5.58. The number of thiocarbonyl (C=S) groups is 1. The van der Waals surface area contributed by atoms with Crippen molar-refractivity contribution >= 4 is 27.2 Å². The van der Waals surface area contributed by atoms with Crippen LogP contribution in [0.2, 0.25) is 0 Å². The molecule has 5 nitrogen and oxygen atoms in total. The van der Waals surface area contributed by atoms with E-state index in [0.29, 0.717) is 11.1 Å². The van der Waals surface area contributed by atoms with Crippen molar-refractivity contribution in [2.45, 2.75) is 38.2 Å². The molecule has 1 aromatic rings. The van der Waals surface area contributed by atoms with Crippen molar-refractivity contribution in [2.24, 2.45) is 5.73 Å². The molecule has 0 radical (unpaired) electrons. The lowest BCUT2D eigenvalue weighted by molar-refractivity contribution is 0.0601. The van der Waals surface area contributed by atoms with E-state index in [9.17, 15) is 13.5 Å². The Morgan fingerprint density at radius 3 is 2.43 bits per heavy atom. The maximum absolute atomic E-state index is 12.8. The maximum Gasteiger partial charge on any atom is 0.243 e. The highest BCUT2D eigenvalue weighted by Crippen LogP contribution is 2.23. The molecule has 0 unspecified atom stereocenters. The number of benzene rings is 1. The third kappa shape index (κ3) is 4.47. The average molecular weight is 330 g/mol. The summed E-state index contributed by atoms with van der Waals surface area (Å²) in [6.45, 7) is 6.88. The first kappa shape index (κ1) is 18.0. The van der Waals surface area contributed by atoms with Gasteiger partial charge in [0, 0.05) is 18.7 Å². The molecule has 21 heavy (non-hydrogen) atoms. The Morgan fingerprint density at radius 1 is 1.43 bits per heavy atom. The molecule has 0 aliphatic rings. The van der Waals surface area contributed by atoms with Gasteiger partial charge in [-0.05, 0) is 32.4 Å². The zero-order valence-corrected chi connectivity index (χ0v) is 14.4. The molecule has 0 spiro atoms. The average Bonchev–Trinajstić information content (AvgIpc) is 2.34. The number of aliphatic hydroxyl groups is 1. The molecule has 0 saturated carbocycles. The van der Waals surface area contributed by atoms with Crippen LogP contribution in [0, 0.1) is 6.92 Å². The number of nitrogens with zero attached hydrogens (tertiary/aromatic N) is 1. The minimum Gasteiger partial charge on any atom is -0.389 e. The van der Waals surface area contributed by atoms with E-state index in [-0.39, 0.29) is 23.0 Å². The Kier molecular flexibility index (Phi) is 5.49. The van der Waals surface area contributed by atoms with Crippen molar-refractivity contribution in [3.63, 3.8) is 0 Å². The zero-order valence-electron chi connectivity index (χ0n) is 12.8. The van der Waals surface area contributed by atoms with Crippen molar-refractivity contribution in [3.8, 4) is 0 Å². The fraction of sp³-hybridized carbons (Fsp3) is 0.500. The van der Waals surface area contributed by atoms with Gasteiger partial charge in [0.25, 0.3) is 0 Å². The topological polar surface area (TPSA) is 83.6 Å². The van der Waals surface area contributed by atoms with Gasteiger partial charge in [-0.2, -0.15) is 4.31 Å². The van der Waals surface area contributed by atoms with Gasteiger partial charge in [-0.15, -0.1) is 0 Å². The molecule has 0 aromatic heterocycles. The van der Waals surface area contributed by atoms with E-state index in [1.807, 2.05) is 0 Å². The number of aryl methyl sites for hydroxylation is 1. The van der Waals surface area contributed by atoms with Gasteiger partial charge in [0.05, 0.1) is 10.5 Å². The maximum atomic E-state index is 12.8. The quantitative estimate of drug-likeness (QED) is 0.771. The number of hydrogen-bond donors (Lipinski definition) is 2. The van der Waals surface area contributed by atoms with Crippen LogP contribution in [-0.2, 0) is 10.0 Å². The van der Waals surface area contributed by atoms with E-state index >= 15 is 0 Å². The molecule has 1 aromatic carbocycles. The molecule has 0 bridgehead atoms. The largest absolute Gasteiger partial charge is 0.389 e. The Morgan fingerprint density at radius 2 is 2.00 bits per heavy atom. The molecule has 0 aliphatic heterocycles. The Balaban J connectivity index is 3.35. The van der Waals surface area contributed by atoms with Crippen molar-refractivity contribution in [3.05, 3.63) is 29.3 Å². The Hall–Kier alpha value is -1.02. The smallest absolute Gasteiger partial charge is 0.243 e. The van der Waals surface area contributed by atoms with Gasteiger partial charge in [0.2, 0.25) is 10.0 Å². The van der Waals surface area contributed by atoms with E-state index < -0.39 is 15.6 Å². The first-order valence-corrected chi connectivity index (χ1v) is 8.47. The standard InChI is InChI=1S/C14H22N2O3S2/c1-5-16(9-14(3,4)17)21(18,19)12-8-11(13(15)20)7-6-10(12)2/h6-8,17H,5,9H2,1-4H3,(H2,15,20). The van der Waals surface area contributed by atoms with E-state index in [2.05, 4.69) is 0 Å². The molecule has 1 rings (SSSR count). The highest BCUT2D eigenvalue weighted by atomic mass is 32.2. The minimum absolute atomic E-state index is 0.0164. The predicted octanol–water partition coefficient (Wildman–Crippen LogP) is 1.41. The van der Waals surface area contributed by atoms with Crippen LogP contribution in [0.1, 0.15) is 31.9 Å². The van der Waals surface area contributed by atoms with E-state index in [4.69, 9.17) is 18.0 Å². The molecule has 0 fully saturated rings. The Bertz CT molecular complexity index is 634. The highest BCUT2D eigenvalue weighted by molar-refractivity contribution is 7.89. The number of sulfonamides is 1. The first-order valence-electron chi connectivity index (χ1n) is 6.62. The van der Waals surface area contributed by atoms with Gasteiger partial charge in [0.1, 0.15) is 4.99 Å². The zero-order chi connectivity index (χ0) is 16.4. The van der Waals surface area contributed by atoms with Gasteiger partial charge in [-0.3, -0.25) is 0 Å². The highest BCUT2D eigenvalue weighted by Gasteiger charge is 2.29. The molecule has 3 N–H and O–H groups in total. The molecule has 7 heteroatoms. The monoisotopic (exact) mass is 330 g/mol. The van der Waals surface area contributed by atoms with Crippen LogP contribution in [0.3, 0.4) is 0 Å². The summed E-state index contributed by atoms with van der Waals surface area (Å²) in [7, 11) is -3.71. The predicted molar refractivity (Wildman–Crippen MR) is 87.8 cm³/mol. The SMILES string of the molecule is CCN(CC(C)(C)O)S(=O)(=O)c1cc(C(N)=S)ccc1C. The van der Waals surface area contributed by atoms with E-state index in [1.165, 1.54) is 10.4 Å². The van der Waals surface area contributed by atoms with Crippen LogP contribution in [0.5, 0.6) is 0 Å². The molecule has 0 saturated heterocycles. The number of likely N-dealkylation sites (N-methyl/N-ethyl adjacent to an activating group) is 1. The molecule has 0 amide bonds. The number of rotatable bonds is 6. The third-order valence-electron chi connectivity index (χ3n) is 3.01. The van der Waals surface area contributed by atoms with E-state index in [0.717, 1.165) is 0 Å². The number of hydrogen-bond acceptors (Lipinski definition) is 4. The summed E-state index contributed by atoms with van der Waals surface area (Å²) < 4.78 is 26.8. The van der Waals surface area contributed by atoms with Crippen LogP contribution in [0.15, 0.2) is 23.1 Å². The molecule has 0 atom stereocenters. The summed E-state index contributed by atoms with van der Waals surface area (Å²) in [4.78, 5) is 0.316. The van der Waals surface area contributed by atoms with Crippen molar-refractivity contribution in [1.82, 2.24) is 4.31 Å². The molecule has 118 valence electrons. The van der Waals surface area contributed by atoms with Crippen molar-refractivity contribution in [1.29, 1.82) is 0 Å². The Labute approximate surface area is 131 Å². The molecule has 0 heterocycles. The lowest BCUT2D eigenvalue weighted by Gasteiger charge is -2.28. The van der Waals surface area contributed by atoms with Gasteiger partial charge in [-0.1, -0.05) is 31.3 Å². The molecular formula is C14H22N2O3S2. The van der Waals surface area contributed by atoms with Crippen molar-refractivity contribution < 1.29 is 13.5 Å². The third-order valence-corrected chi connectivity index (χ3v) is 5.30. The normalized spacial score (nSPS) is 12.7. The summed E-state index contributed by atoms with van der Waals surface area (Å²) in [5.74, 6) is 0. The van der Waals surface area contributed by atoms with Crippen LogP contribution in [0.4, 0.5) is 0 Å². The first-order chi connectivity index (χ1) is 9.49. The van der Waals surface area contributed by atoms with E-state index in [1.54, 1.807) is 39.8 Å². The molecular weight excluding hydrogens is 308 g/mol. The fourth-order valence-electron chi connectivity index (χ4n) is 1.97. The summed E-state index contributed by atoms with van der Waals surface area (Å²) >= 11 is 4.90. The van der Waals surface area contributed by atoms with Crippen molar-refractivity contribution in [2.75, 3.05) is 13.1 Å². The summed E-state index contributed by atoms with van der Waals surface area (Å²) in [5, 5.41) is 9.89. The second-order valence-electron chi connectivity index (χ2n) is 5.59. The van der Waals surface area contributed by atoms with Crippen LogP contribution >= 0.6 is 12.2 Å². The van der Waals surface area contributed by atoms with Gasteiger partial charge in [0.15, 0.2) is 0 Å². The lowest BCUT2D eigenvalue weighted by atomic mass is 10.1.